The molecule has 1 aromatic heterocycles. The minimum absolute atomic E-state index is 0.911. The highest BCUT2D eigenvalue weighted by Gasteiger charge is 2.06. The van der Waals surface area contributed by atoms with Gasteiger partial charge in [-0.2, -0.15) is 0 Å². The molecule has 0 radical (unpaired) electrons. The van der Waals surface area contributed by atoms with E-state index in [1.165, 1.54) is 22.1 Å². The summed E-state index contributed by atoms with van der Waals surface area (Å²) in [4.78, 5) is 3.72. The van der Waals surface area contributed by atoms with Crippen LogP contribution in [0.25, 0.3) is 0 Å². The summed E-state index contributed by atoms with van der Waals surface area (Å²) in [6, 6.07) is 0. The Morgan fingerprint density at radius 2 is 2.00 bits per heavy atom. The van der Waals surface area contributed by atoms with Gasteiger partial charge in [0, 0.05) is 19.6 Å². The van der Waals surface area contributed by atoms with E-state index in [2.05, 4.69) is 40.6 Å². The lowest BCUT2D eigenvalue weighted by atomic mass is 10.2. The van der Waals surface area contributed by atoms with Gasteiger partial charge in [-0.15, -0.1) is 5.10 Å². The van der Waals surface area contributed by atoms with Crippen molar-refractivity contribution >= 4 is 11.5 Å². The molecule has 0 saturated carbocycles. The van der Waals surface area contributed by atoms with E-state index in [-0.39, 0.29) is 0 Å². The average Bonchev–Trinajstić information content (AvgIpc) is 2.78. The lowest BCUT2D eigenvalue weighted by Gasteiger charge is -2.17. The maximum atomic E-state index is 4.17. The third-order valence-corrected chi connectivity index (χ3v) is 3.67. The van der Waals surface area contributed by atoms with Crippen molar-refractivity contribution < 1.29 is 0 Å². The molecule has 17 heavy (non-hydrogen) atoms. The Morgan fingerprint density at radius 3 is 2.65 bits per heavy atom. The number of hydrogen-bond donors (Lipinski definition) is 1. The molecule has 1 N–H and O–H groups in total. The van der Waals surface area contributed by atoms with E-state index in [4.69, 9.17) is 0 Å². The first kappa shape index (κ1) is 14.5. The van der Waals surface area contributed by atoms with Gasteiger partial charge in [0.05, 0.1) is 10.6 Å². The second-order valence-corrected chi connectivity index (χ2v) is 4.94. The Morgan fingerprint density at radius 1 is 1.24 bits per heavy atom. The fourth-order valence-electron chi connectivity index (χ4n) is 1.77. The van der Waals surface area contributed by atoms with Gasteiger partial charge < -0.3 is 10.2 Å². The van der Waals surface area contributed by atoms with Crippen LogP contribution in [0.1, 0.15) is 37.8 Å². The Hall–Kier alpha value is -0.520. The second-order valence-electron chi connectivity index (χ2n) is 4.10. The highest BCUT2D eigenvalue weighted by Crippen LogP contribution is 2.11. The zero-order valence-electron chi connectivity index (χ0n) is 11.2. The van der Waals surface area contributed by atoms with Crippen molar-refractivity contribution in [1.82, 2.24) is 19.8 Å². The summed E-state index contributed by atoms with van der Waals surface area (Å²) in [5.41, 5.74) is 1.17. The van der Waals surface area contributed by atoms with Crippen LogP contribution in [0, 0.1) is 0 Å². The normalized spacial score (nSPS) is 11.3. The quantitative estimate of drug-likeness (QED) is 0.685. The average molecular weight is 256 g/mol. The molecule has 0 aromatic carbocycles. The van der Waals surface area contributed by atoms with E-state index in [1.54, 1.807) is 0 Å². The summed E-state index contributed by atoms with van der Waals surface area (Å²) in [7, 11) is 0. The van der Waals surface area contributed by atoms with Crippen molar-refractivity contribution in [3.63, 3.8) is 0 Å². The minimum atomic E-state index is 0.911. The molecular formula is C12H24N4S. The molecule has 98 valence electrons. The highest BCUT2D eigenvalue weighted by atomic mass is 32.1. The lowest BCUT2D eigenvalue weighted by Crippen LogP contribution is -2.31. The largest absolute Gasteiger partial charge is 0.310 e. The summed E-state index contributed by atoms with van der Waals surface area (Å²) in [5.74, 6) is 0. The Kier molecular flexibility index (Phi) is 7.32. The van der Waals surface area contributed by atoms with Crippen LogP contribution in [0.2, 0.25) is 0 Å². The molecule has 0 amide bonds. The third-order valence-electron chi connectivity index (χ3n) is 2.91. The van der Waals surface area contributed by atoms with Crippen LogP contribution in [-0.2, 0) is 13.0 Å². The van der Waals surface area contributed by atoms with Crippen molar-refractivity contribution in [1.29, 1.82) is 0 Å². The summed E-state index contributed by atoms with van der Waals surface area (Å²) in [5, 5.41) is 7.64. The van der Waals surface area contributed by atoms with Crippen molar-refractivity contribution in [3.8, 4) is 0 Å². The molecule has 0 unspecified atom stereocenters. The molecule has 4 nitrogen and oxygen atoms in total. The zero-order valence-corrected chi connectivity index (χ0v) is 12.0. The monoisotopic (exact) mass is 256 g/mol. The molecule has 0 bridgehead atoms. The van der Waals surface area contributed by atoms with Crippen LogP contribution in [-0.4, -0.2) is 40.7 Å². The molecule has 1 rings (SSSR count). The zero-order chi connectivity index (χ0) is 12.5. The summed E-state index contributed by atoms with van der Waals surface area (Å²) in [6.07, 6.45) is 2.18. The van der Waals surface area contributed by atoms with E-state index in [1.807, 2.05) is 0 Å². The van der Waals surface area contributed by atoms with Gasteiger partial charge in [-0.3, -0.25) is 0 Å². The number of likely N-dealkylation sites (N-methyl/N-ethyl adjacent to an activating group) is 1. The molecule has 0 fully saturated rings. The van der Waals surface area contributed by atoms with E-state index >= 15 is 0 Å². The molecule has 0 aliphatic rings. The Balaban J connectivity index is 2.23. The highest BCUT2D eigenvalue weighted by molar-refractivity contribution is 7.05. The molecule has 1 aromatic rings. The van der Waals surface area contributed by atoms with Crippen molar-refractivity contribution in [2.45, 2.75) is 40.2 Å². The molecule has 5 heteroatoms. The first-order valence-corrected chi connectivity index (χ1v) is 7.32. The predicted molar refractivity (Wildman–Crippen MR) is 73.4 cm³/mol. The van der Waals surface area contributed by atoms with Gasteiger partial charge in [-0.25, -0.2) is 0 Å². The lowest BCUT2D eigenvalue weighted by molar-refractivity contribution is 0.302. The van der Waals surface area contributed by atoms with Crippen LogP contribution in [0.4, 0.5) is 0 Å². The number of nitrogens with zero attached hydrogens (tertiary/aromatic N) is 3. The van der Waals surface area contributed by atoms with Crippen molar-refractivity contribution in [2.24, 2.45) is 0 Å². The smallest absolute Gasteiger partial charge is 0.0800 e. The number of aromatic nitrogens is 2. The number of aryl methyl sites for hydroxylation is 1. The van der Waals surface area contributed by atoms with Gasteiger partial charge in [0.1, 0.15) is 0 Å². The van der Waals surface area contributed by atoms with Crippen LogP contribution in [0.3, 0.4) is 0 Å². The summed E-state index contributed by atoms with van der Waals surface area (Å²) in [6.45, 7) is 11.9. The predicted octanol–water partition coefficient (Wildman–Crippen LogP) is 1.92. The Bertz CT molecular complexity index is 296. The second kappa shape index (κ2) is 8.55. The van der Waals surface area contributed by atoms with Crippen LogP contribution in [0.5, 0.6) is 0 Å². The van der Waals surface area contributed by atoms with Crippen LogP contribution < -0.4 is 5.32 Å². The van der Waals surface area contributed by atoms with Gasteiger partial charge in [-0.05, 0) is 31.0 Å². The van der Waals surface area contributed by atoms with Gasteiger partial charge in [0.2, 0.25) is 0 Å². The first-order chi connectivity index (χ1) is 8.31. The standard InChI is InChI=1S/C12H24N4S/c1-4-7-11-12(17-15-14-11)10-13-8-9-16(5-2)6-3/h13H,4-10H2,1-3H3. The number of rotatable bonds is 9. The molecule has 0 aliphatic heterocycles. The molecule has 0 spiro atoms. The van der Waals surface area contributed by atoms with Crippen molar-refractivity contribution in [3.05, 3.63) is 10.6 Å². The molecular weight excluding hydrogens is 232 g/mol. The van der Waals surface area contributed by atoms with E-state index in [9.17, 15) is 0 Å². The topological polar surface area (TPSA) is 41.1 Å². The van der Waals surface area contributed by atoms with Crippen molar-refractivity contribution in [2.75, 3.05) is 26.2 Å². The van der Waals surface area contributed by atoms with Gasteiger partial charge >= 0.3 is 0 Å². The number of nitrogens with one attached hydrogen (secondary N) is 1. The fourth-order valence-corrected chi connectivity index (χ4v) is 2.42. The summed E-state index contributed by atoms with van der Waals surface area (Å²) < 4.78 is 4.03. The minimum Gasteiger partial charge on any atom is -0.310 e. The van der Waals surface area contributed by atoms with Gasteiger partial charge in [-0.1, -0.05) is 31.7 Å². The van der Waals surface area contributed by atoms with E-state index in [0.717, 1.165) is 45.6 Å². The number of hydrogen-bond acceptors (Lipinski definition) is 5. The molecule has 1 heterocycles. The van der Waals surface area contributed by atoms with Crippen LogP contribution in [0.15, 0.2) is 0 Å². The molecule has 0 atom stereocenters. The van der Waals surface area contributed by atoms with E-state index in [0.29, 0.717) is 0 Å². The maximum absolute atomic E-state index is 4.17. The molecule has 0 saturated heterocycles. The fraction of sp³-hybridized carbons (Fsp3) is 0.833. The summed E-state index contributed by atoms with van der Waals surface area (Å²) >= 11 is 1.52. The van der Waals surface area contributed by atoms with Gasteiger partial charge in [0.15, 0.2) is 0 Å². The van der Waals surface area contributed by atoms with Gasteiger partial charge in [0.25, 0.3) is 0 Å². The SMILES string of the molecule is CCCc1nnsc1CNCCN(CC)CC. The third kappa shape index (κ3) is 5.10. The Labute approximate surface area is 109 Å². The maximum Gasteiger partial charge on any atom is 0.0800 e. The molecule has 0 aliphatic carbocycles. The first-order valence-electron chi connectivity index (χ1n) is 6.54. The van der Waals surface area contributed by atoms with Crippen LogP contribution >= 0.6 is 11.5 Å². The van der Waals surface area contributed by atoms with E-state index < -0.39 is 0 Å².